The molecule has 1 fully saturated rings. The Kier molecular flexibility index (Phi) is 4.41. The zero-order valence-corrected chi connectivity index (χ0v) is 11.3. The van der Waals surface area contributed by atoms with E-state index < -0.39 is 0 Å². The van der Waals surface area contributed by atoms with Gasteiger partial charge in [0.2, 0.25) is 0 Å². The number of amidine groups is 1. The van der Waals surface area contributed by atoms with Crippen molar-refractivity contribution in [2.75, 3.05) is 38.7 Å². The topological polar surface area (TPSA) is 101 Å². The summed E-state index contributed by atoms with van der Waals surface area (Å²) in [5.74, 6) is 0.348. The van der Waals surface area contributed by atoms with Gasteiger partial charge >= 0.3 is 6.03 Å². The van der Waals surface area contributed by atoms with Crippen LogP contribution >= 0.6 is 0 Å². The average molecular weight is 278 g/mol. The monoisotopic (exact) mass is 278 g/mol. The van der Waals surface area contributed by atoms with E-state index in [-0.39, 0.29) is 11.9 Å². The van der Waals surface area contributed by atoms with Crippen LogP contribution in [0.1, 0.15) is 5.56 Å². The van der Waals surface area contributed by atoms with Crippen LogP contribution in [0.4, 0.5) is 10.5 Å². The number of nitrogens with two attached hydrogens (primary N) is 1. The van der Waals surface area contributed by atoms with Gasteiger partial charge in [0.25, 0.3) is 0 Å². The lowest BCUT2D eigenvalue weighted by Gasteiger charge is -2.27. The fraction of sp³-hybridized carbons (Fsp3) is 0.385. The summed E-state index contributed by atoms with van der Waals surface area (Å²) < 4.78 is 10.4. The molecule has 0 aromatic heterocycles. The van der Waals surface area contributed by atoms with Crippen LogP contribution in [0.15, 0.2) is 18.2 Å². The zero-order valence-electron chi connectivity index (χ0n) is 11.3. The number of carbonyl (C=O) groups is 1. The van der Waals surface area contributed by atoms with Gasteiger partial charge in [-0.1, -0.05) is 6.07 Å². The largest absolute Gasteiger partial charge is 0.495 e. The Hall–Kier alpha value is -2.28. The van der Waals surface area contributed by atoms with Crippen molar-refractivity contribution in [3.05, 3.63) is 23.8 Å². The number of morpholine rings is 1. The fourth-order valence-corrected chi connectivity index (χ4v) is 2.01. The third-order valence-electron chi connectivity index (χ3n) is 3.07. The van der Waals surface area contributed by atoms with Crippen LogP contribution in [-0.2, 0) is 4.74 Å². The minimum absolute atomic E-state index is 0.124. The van der Waals surface area contributed by atoms with Crippen LogP contribution < -0.4 is 15.8 Å². The molecule has 1 aliphatic heterocycles. The summed E-state index contributed by atoms with van der Waals surface area (Å²) >= 11 is 0. The molecular weight excluding hydrogens is 260 g/mol. The van der Waals surface area contributed by atoms with Gasteiger partial charge in [0, 0.05) is 18.7 Å². The van der Waals surface area contributed by atoms with Gasteiger partial charge < -0.3 is 25.4 Å². The molecule has 1 aliphatic rings. The van der Waals surface area contributed by atoms with E-state index in [0.29, 0.717) is 43.3 Å². The number of rotatable bonds is 3. The molecule has 1 heterocycles. The zero-order chi connectivity index (χ0) is 14.5. The maximum absolute atomic E-state index is 12.2. The Bertz CT molecular complexity index is 512. The molecule has 0 unspecified atom stereocenters. The summed E-state index contributed by atoms with van der Waals surface area (Å²) in [5.41, 5.74) is 6.39. The molecule has 7 nitrogen and oxygen atoms in total. The number of methoxy groups -OCH3 is 1. The second kappa shape index (κ2) is 6.25. The first-order valence-electron chi connectivity index (χ1n) is 6.28. The number of anilines is 1. The Morgan fingerprint density at radius 2 is 2.15 bits per heavy atom. The van der Waals surface area contributed by atoms with Crippen molar-refractivity contribution in [2.45, 2.75) is 0 Å². The number of benzene rings is 1. The minimum atomic E-state index is -0.250. The molecule has 1 aromatic rings. The van der Waals surface area contributed by atoms with Gasteiger partial charge in [0.05, 0.1) is 26.0 Å². The van der Waals surface area contributed by atoms with Crippen LogP contribution in [0.3, 0.4) is 0 Å². The van der Waals surface area contributed by atoms with E-state index in [1.54, 1.807) is 23.1 Å². The molecule has 0 bridgehead atoms. The van der Waals surface area contributed by atoms with Gasteiger partial charge in [-0.2, -0.15) is 0 Å². The number of hydrogen-bond acceptors (Lipinski definition) is 4. The number of para-hydroxylation sites is 1. The summed E-state index contributed by atoms with van der Waals surface area (Å²) in [6, 6.07) is 4.85. The summed E-state index contributed by atoms with van der Waals surface area (Å²) in [5, 5.41) is 10.3. The predicted octanol–water partition coefficient (Wildman–Crippen LogP) is 0.843. The smallest absolute Gasteiger partial charge is 0.322 e. The third kappa shape index (κ3) is 3.00. The van der Waals surface area contributed by atoms with Gasteiger partial charge in [-0.3, -0.25) is 5.41 Å². The van der Waals surface area contributed by atoms with E-state index in [2.05, 4.69) is 5.32 Å². The molecule has 2 rings (SSSR count). The Morgan fingerprint density at radius 3 is 2.75 bits per heavy atom. The Balaban J connectivity index is 2.22. The maximum Gasteiger partial charge on any atom is 0.322 e. The molecule has 0 spiro atoms. The molecule has 108 valence electrons. The van der Waals surface area contributed by atoms with E-state index in [9.17, 15) is 4.79 Å². The van der Waals surface area contributed by atoms with E-state index in [1.807, 2.05) is 0 Å². The second-order valence-electron chi connectivity index (χ2n) is 4.33. The van der Waals surface area contributed by atoms with E-state index >= 15 is 0 Å². The maximum atomic E-state index is 12.2. The van der Waals surface area contributed by atoms with Gasteiger partial charge in [0.1, 0.15) is 11.6 Å². The number of nitrogen functional groups attached to an aromatic ring is 1. The number of nitrogens with one attached hydrogen (secondary N) is 2. The number of urea groups is 1. The quantitative estimate of drug-likeness (QED) is 0.563. The lowest BCUT2D eigenvalue weighted by atomic mass is 10.1. The summed E-state index contributed by atoms with van der Waals surface area (Å²) in [6.07, 6.45) is 0. The summed E-state index contributed by atoms with van der Waals surface area (Å²) in [6.45, 7) is 2.13. The average Bonchev–Trinajstić information content (AvgIpc) is 2.48. The van der Waals surface area contributed by atoms with Crippen molar-refractivity contribution in [3.63, 3.8) is 0 Å². The molecule has 7 heteroatoms. The highest BCUT2D eigenvalue weighted by atomic mass is 16.5. The number of amides is 2. The summed E-state index contributed by atoms with van der Waals surface area (Å²) in [7, 11) is 1.50. The van der Waals surface area contributed by atoms with Crippen LogP contribution in [0.25, 0.3) is 0 Å². The minimum Gasteiger partial charge on any atom is -0.495 e. The number of ether oxygens (including phenoxy) is 2. The molecular formula is C13H18N4O3. The van der Waals surface area contributed by atoms with Crippen LogP contribution in [0.5, 0.6) is 5.75 Å². The lowest BCUT2D eigenvalue weighted by molar-refractivity contribution is 0.0564. The van der Waals surface area contributed by atoms with Crippen molar-refractivity contribution >= 4 is 17.6 Å². The molecule has 2 amide bonds. The number of nitrogens with zero attached hydrogens (tertiary/aromatic N) is 1. The fourth-order valence-electron chi connectivity index (χ4n) is 2.01. The molecule has 0 atom stereocenters. The summed E-state index contributed by atoms with van der Waals surface area (Å²) in [4.78, 5) is 13.9. The van der Waals surface area contributed by atoms with Crippen LogP contribution in [-0.4, -0.2) is 50.2 Å². The predicted molar refractivity (Wildman–Crippen MR) is 75.4 cm³/mol. The first-order valence-corrected chi connectivity index (χ1v) is 6.28. The first-order chi connectivity index (χ1) is 9.63. The van der Waals surface area contributed by atoms with Crippen molar-refractivity contribution in [1.82, 2.24) is 4.90 Å². The molecule has 1 saturated heterocycles. The van der Waals surface area contributed by atoms with Crippen LogP contribution in [0, 0.1) is 5.41 Å². The van der Waals surface area contributed by atoms with Gasteiger partial charge in [0.15, 0.2) is 0 Å². The number of hydrogen-bond donors (Lipinski definition) is 3. The van der Waals surface area contributed by atoms with Gasteiger partial charge in [-0.25, -0.2) is 4.79 Å². The Morgan fingerprint density at radius 1 is 1.45 bits per heavy atom. The van der Waals surface area contributed by atoms with Gasteiger partial charge in [-0.05, 0) is 12.1 Å². The van der Waals surface area contributed by atoms with Crippen molar-refractivity contribution < 1.29 is 14.3 Å². The second-order valence-corrected chi connectivity index (χ2v) is 4.33. The molecule has 0 saturated carbocycles. The van der Waals surface area contributed by atoms with Crippen LogP contribution in [0.2, 0.25) is 0 Å². The highest BCUT2D eigenvalue weighted by molar-refractivity contribution is 6.05. The standard InChI is InChI=1S/C13H18N4O3/c1-19-10-4-2-3-9(12(14)15)11(10)16-13(18)17-5-7-20-8-6-17/h2-4H,5-8H2,1H3,(H3,14,15)(H,16,18). The van der Waals surface area contributed by atoms with Crippen molar-refractivity contribution in [2.24, 2.45) is 5.73 Å². The van der Waals surface area contributed by atoms with E-state index in [4.69, 9.17) is 20.6 Å². The third-order valence-corrected chi connectivity index (χ3v) is 3.07. The SMILES string of the molecule is COc1cccc(C(=N)N)c1NC(=O)N1CCOCC1. The lowest BCUT2D eigenvalue weighted by Crippen LogP contribution is -2.43. The van der Waals surface area contributed by atoms with Crippen molar-refractivity contribution in [1.29, 1.82) is 5.41 Å². The number of carbonyl (C=O) groups excluding carboxylic acids is 1. The molecule has 4 N–H and O–H groups in total. The normalized spacial score (nSPS) is 14.8. The molecule has 20 heavy (non-hydrogen) atoms. The van der Waals surface area contributed by atoms with E-state index in [1.165, 1.54) is 7.11 Å². The van der Waals surface area contributed by atoms with E-state index in [0.717, 1.165) is 0 Å². The van der Waals surface area contributed by atoms with Crippen molar-refractivity contribution in [3.8, 4) is 5.75 Å². The first kappa shape index (κ1) is 14.1. The Labute approximate surface area is 117 Å². The highest BCUT2D eigenvalue weighted by Gasteiger charge is 2.20. The highest BCUT2D eigenvalue weighted by Crippen LogP contribution is 2.28. The van der Waals surface area contributed by atoms with Gasteiger partial charge in [-0.15, -0.1) is 0 Å². The molecule has 1 aromatic carbocycles. The molecule has 0 radical (unpaired) electrons. The molecule has 0 aliphatic carbocycles.